The number of halogens is 1. The van der Waals surface area contributed by atoms with Crippen molar-refractivity contribution in [3.8, 4) is 17.0 Å². The zero-order valence-corrected chi connectivity index (χ0v) is 25.5. The van der Waals surface area contributed by atoms with Gasteiger partial charge in [-0.1, -0.05) is 23.7 Å². The van der Waals surface area contributed by atoms with Gasteiger partial charge < -0.3 is 25.4 Å². The van der Waals surface area contributed by atoms with Crippen molar-refractivity contribution in [1.29, 1.82) is 0 Å². The Kier molecular flexibility index (Phi) is 7.06. The second kappa shape index (κ2) is 10.8. The number of aromatic nitrogens is 5. The molecule has 3 N–H and O–H groups in total. The third-order valence-corrected chi connectivity index (χ3v) is 9.78. The van der Waals surface area contributed by atoms with Crippen molar-refractivity contribution in [2.45, 2.75) is 57.3 Å². The molecule has 0 amide bonds. The second-order valence-corrected chi connectivity index (χ2v) is 12.5. The van der Waals surface area contributed by atoms with Gasteiger partial charge in [-0.3, -0.25) is 14.0 Å². The number of rotatable bonds is 7. The standard InChI is InChI=1S/C31H37ClN8O3/c1-18-26(33)31(17-43-18)11-14-39(15-12-31)30-36-27-23(29(41)38(30)2)25(22-10-13-34-28(24(22)32)35-20-6-7-20)40(37-27)16-19-4-8-21(42-3)9-5-19/h4-5,8-10,13,18,20,26H,6-7,11-12,14-17,33H2,1-3H3,(H,34,35). The lowest BCUT2D eigenvalue weighted by Crippen LogP contribution is -2.51. The third kappa shape index (κ3) is 4.93. The molecule has 1 aliphatic carbocycles. The molecule has 1 spiro atoms. The van der Waals surface area contributed by atoms with Crippen molar-refractivity contribution in [3.05, 3.63) is 57.5 Å². The first-order chi connectivity index (χ1) is 20.8. The van der Waals surface area contributed by atoms with Gasteiger partial charge in [-0.2, -0.15) is 10.1 Å². The minimum absolute atomic E-state index is 0.00882. The van der Waals surface area contributed by atoms with E-state index in [2.05, 4.69) is 15.2 Å². The van der Waals surface area contributed by atoms with Crippen LogP contribution in [0.5, 0.6) is 5.75 Å². The number of benzene rings is 1. The molecule has 2 unspecified atom stereocenters. The minimum Gasteiger partial charge on any atom is -0.497 e. The van der Waals surface area contributed by atoms with E-state index in [0.29, 0.717) is 58.3 Å². The number of anilines is 2. The summed E-state index contributed by atoms with van der Waals surface area (Å²) in [4.78, 5) is 25.8. The van der Waals surface area contributed by atoms with Crippen LogP contribution in [0.25, 0.3) is 22.3 Å². The zero-order valence-electron chi connectivity index (χ0n) is 24.7. The summed E-state index contributed by atoms with van der Waals surface area (Å²) in [6.45, 7) is 4.62. The van der Waals surface area contributed by atoms with Crippen LogP contribution in [-0.4, -0.2) is 69.3 Å². The predicted octanol–water partition coefficient (Wildman–Crippen LogP) is 3.81. The first-order valence-corrected chi connectivity index (χ1v) is 15.3. The number of piperidine rings is 1. The van der Waals surface area contributed by atoms with Crippen LogP contribution < -0.4 is 26.2 Å². The van der Waals surface area contributed by atoms with Gasteiger partial charge in [0.15, 0.2) is 5.65 Å². The van der Waals surface area contributed by atoms with Gasteiger partial charge in [0.2, 0.25) is 5.95 Å². The number of nitrogens with zero attached hydrogens (tertiary/aromatic N) is 6. The molecule has 1 aromatic carbocycles. The summed E-state index contributed by atoms with van der Waals surface area (Å²) in [6, 6.07) is 10.0. The van der Waals surface area contributed by atoms with Gasteiger partial charge in [-0.15, -0.1) is 0 Å². The van der Waals surface area contributed by atoms with Gasteiger partial charge >= 0.3 is 0 Å². The number of hydrogen-bond acceptors (Lipinski definition) is 9. The quantitative estimate of drug-likeness (QED) is 0.324. The third-order valence-electron chi connectivity index (χ3n) is 9.40. The molecule has 0 radical (unpaired) electrons. The van der Waals surface area contributed by atoms with Crippen molar-refractivity contribution in [1.82, 2.24) is 24.3 Å². The van der Waals surface area contributed by atoms with Crippen molar-refractivity contribution in [3.63, 3.8) is 0 Å². The molecule has 2 aliphatic heterocycles. The first kappa shape index (κ1) is 28.1. The van der Waals surface area contributed by atoms with Gasteiger partial charge in [0, 0.05) is 49.4 Å². The maximum atomic E-state index is 14.2. The molecule has 2 saturated heterocycles. The summed E-state index contributed by atoms with van der Waals surface area (Å²) in [5.41, 5.74) is 9.05. The number of nitrogens with two attached hydrogens (primary N) is 1. The Balaban J connectivity index is 1.31. The van der Waals surface area contributed by atoms with Crippen LogP contribution in [-0.2, 0) is 18.3 Å². The van der Waals surface area contributed by atoms with Gasteiger partial charge in [0.25, 0.3) is 5.56 Å². The fourth-order valence-corrected chi connectivity index (χ4v) is 6.76. The van der Waals surface area contributed by atoms with E-state index in [1.807, 2.05) is 41.9 Å². The highest BCUT2D eigenvalue weighted by Crippen LogP contribution is 2.42. The van der Waals surface area contributed by atoms with E-state index < -0.39 is 0 Å². The highest BCUT2D eigenvalue weighted by Gasteiger charge is 2.48. The summed E-state index contributed by atoms with van der Waals surface area (Å²) in [5, 5.41) is 9.22. The van der Waals surface area contributed by atoms with Crippen molar-refractivity contribution >= 4 is 34.4 Å². The first-order valence-electron chi connectivity index (χ1n) is 14.9. The molecule has 2 atom stereocenters. The smallest absolute Gasteiger partial charge is 0.266 e. The minimum atomic E-state index is -0.171. The average molecular weight is 605 g/mol. The Hall–Kier alpha value is -3.67. The fraction of sp³-hybridized carbons (Fsp3) is 0.484. The van der Waals surface area contributed by atoms with E-state index in [-0.39, 0.29) is 23.1 Å². The number of ether oxygens (including phenoxy) is 2. The number of methoxy groups -OCH3 is 1. The number of hydrogen-bond donors (Lipinski definition) is 2. The SMILES string of the molecule is COc1ccc(Cn2nc3nc(N4CCC5(CC4)COC(C)C5N)n(C)c(=O)c3c2-c2ccnc(NC3CC3)c2Cl)cc1. The van der Waals surface area contributed by atoms with Crippen LogP contribution >= 0.6 is 11.6 Å². The maximum absolute atomic E-state index is 14.2. The van der Waals surface area contributed by atoms with Crippen LogP contribution in [0.4, 0.5) is 11.8 Å². The van der Waals surface area contributed by atoms with E-state index >= 15 is 0 Å². The Morgan fingerprint density at radius 3 is 2.58 bits per heavy atom. The summed E-state index contributed by atoms with van der Waals surface area (Å²) in [7, 11) is 3.42. The molecule has 3 aromatic heterocycles. The summed E-state index contributed by atoms with van der Waals surface area (Å²) >= 11 is 6.97. The van der Waals surface area contributed by atoms with Gasteiger partial charge in [-0.05, 0) is 56.4 Å². The molecule has 226 valence electrons. The van der Waals surface area contributed by atoms with E-state index in [0.717, 1.165) is 50.1 Å². The Morgan fingerprint density at radius 2 is 1.93 bits per heavy atom. The Bertz CT molecular complexity index is 1720. The highest BCUT2D eigenvalue weighted by molar-refractivity contribution is 6.36. The molecule has 43 heavy (non-hydrogen) atoms. The molecular weight excluding hydrogens is 568 g/mol. The largest absolute Gasteiger partial charge is 0.497 e. The molecule has 5 heterocycles. The molecular formula is C31H37ClN8O3. The molecule has 0 bridgehead atoms. The molecule has 4 aromatic rings. The van der Waals surface area contributed by atoms with Crippen molar-refractivity contribution < 1.29 is 9.47 Å². The van der Waals surface area contributed by atoms with Crippen LogP contribution in [0.15, 0.2) is 41.3 Å². The monoisotopic (exact) mass is 604 g/mol. The number of fused-ring (bicyclic) bond motifs is 1. The molecule has 3 fully saturated rings. The summed E-state index contributed by atoms with van der Waals surface area (Å²) in [5.74, 6) is 1.98. The zero-order chi connectivity index (χ0) is 29.9. The molecule has 7 rings (SSSR count). The van der Waals surface area contributed by atoms with Crippen molar-refractivity contribution in [2.24, 2.45) is 18.2 Å². The predicted molar refractivity (Wildman–Crippen MR) is 167 cm³/mol. The van der Waals surface area contributed by atoms with E-state index in [1.54, 1.807) is 24.9 Å². The lowest BCUT2D eigenvalue weighted by Gasteiger charge is -2.41. The van der Waals surface area contributed by atoms with Crippen LogP contribution in [0.3, 0.4) is 0 Å². The summed E-state index contributed by atoms with van der Waals surface area (Å²) < 4.78 is 14.7. The number of nitrogens with one attached hydrogen (secondary N) is 1. The van der Waals surface area contributed by atoms with Crippen LogP contribution in [0, 0.1) is 5.41 Å². The molecule has 3 aliphatic rings. The molecule has 1 saturated carbocycles. The van der Waals surface area contributed by atoms with Gasteiger partial charge in [0.1, 0.15) is 17.0 Å². The molecule has 12 heteroatoms. The van der Waals surface area contributed by atoms with Gasteiger partial charge in [0.05, 0.1) is 37.1 Å². The van der Waals surface area contributed by atoms with E-state index in [1.165, 1.54) is 0 Å². The Morgan fingerprint density at radius 1 is 1.19 bits per heavy atom. The van der Waals surface area contributed by atoms with Crippen molar-refractivity contribution in [2.75, 3.05) is 37.0 Å². The number of pyridine rings is 1. The lowest BCUT2D eigenvalue weighted by molar-refractivity contribution is 0.0973. The van der Waals surface area contributed by atoms with Gasteiger partial charge in [-0.25, -0.2) is 4.98 Å². The maximum Gasteiger partial charge on any atom is 0.266 e. The normalized spacial score (nSPS) is 21.6. The topological polar surface area (TPSA) is 125 Å². The van der Waals surface area contributed by atoms with E-state index in [4.69, 9.17) is 36.9 Å². The Labute approximate surface area is 255 Å². The second-order valence-electron chi connectivity index (χ2n) is 12.2. The fourth-order valence-electron chi connectivity index (χ4n) is 6.50. The lowest BCUT2D eigenvalue weighted by atomic mass is 9.73. The van der Waals surface area contributed by atoms with E-state index in [9.17, 15) is 4.79 Å². The average Bonchev–Trinajstić information content (AvgIpc) is 3.72. The molecule has 11 nitrogen and oxygen atoms in total. The highest BCUT2D eigenvalue weighted by atomic mass is 35.5. The van der Waals surface area contributed by atoms with Crippen LogP contribution in [0.1, 0.15) is 38.2 Å². The summed E-state index contributed by atoms with van der Waals surface area (Å²) in [6.07, 6.45) is 5.71. The van der Waals surface area contributed by atoms with Crippen LogP contribution in [0.2, 0.25) is 5.02 Å².